The highest BCUT2D eigenvalue weighted by Crippen LogP contribution is 2.13. The normalized spacial score (nSPS) is 14.4. The largest absolute Gasteiger partial charge is 0.247 e. The van der Waals surface area contributed by atoms with E-state index < -0.39 is 15.3 Å². The number of nitrogens with two attached hydrogens (primary N) is 1. The van der Waals surface area contributed by atoms with Gasteiger partial charge >= 0.3 is 0 Å². The third-order valence-electron chi connectivity index (χ3n) is 1.69. The van der Waals surface area contributed by atoms with Crippen LogP contribution in [0.2, 0.25) is 0 Å². The van der Waals surface area contributed by atoms with Gasteiger partial charge in [-0.05, 0) is 13.8 Å². The minimum Gasteiger partial charge on any atom is -0.247 e. The van der Waals surface area contributed by atoms with Crippen LogP contribution >= 0.6 is 11.3 Å². The maximum atomic E-state index is 10.9. The molecule has 1 rings (SSSR count). The minimum atomic E-state index is -3.43. The van der Waals surface area contributed by atoms with Crippen LogP contribution in [0.5, 0.6) is 0 Å². The molecular weight excluding hydrogens is 208 g/mol. The molecule has 2 N–H and O–H groups in total. The van der Waals surface area contributed by atoms with E-state index in [4.69, 9.17) is 5.14 Å². The molecule has 0 spiro atoms. The second-order valence-corrected chi connectivity index (χ2v) is 5.91. The Hall–Kier alpha value is -0.460. The summed E-state index contributed by atoms with van der Waals surface area (Å²) >= 11 is 1.46. The van der Waals surface area contributed by atoms with Gasteiger partial charge < -0.3 is 0 Å². The smallest absolute Gasteiger partial charge is 0.212 e. The standard InChI is InChI=1S/C7H12N2O2S2/c1-5-4-12-7(9-5)3-6(2)13(8,10)11/h4,6H,3H2,1-2H3,(H2,8,10,11). The van der Waals surface area contributed by atoms with Gasteiger partial charge in [0.2, 0.25) is 10.0 Å². The molecule has 4 nitrogen and oxygen atoms in total. The summed E-state index contributed by atoms with van der Waals surface area (Å²) in [5, 5.41) is 7.14. The number of primary sulfonamides is 1. The van der Waals surface area contributed by atoms with Crippen LogP contribution in [0.3, 0.4) is 0 Å². The Morgan fingerprint density at radius 3 is 2.69 bits per heavy atom. The van der Waals surface area contributed by atoms with Gasteiger partial charge in [-0.15, -0.1) is 11.3 Å². The molecule has 0 aliphatic carbocycles. The predicted octanol–water partition coefficient (Wildman–Crippen LogP) is 0.671. The van der Waals surface area contributed by atoms with Crippen LogP contribution in [0.15, 0.2) is 5.38 Å². The number of rotatable bonds is 3. The third-order valence-corrected chi connectivity index (χ3v) is 3.97. The van der Waals surface area contributed by atoms with Crippen LogP contribution < -0.4 is 5.14 Å². The molecule has 0 aliphatic heterocycles. The molecule has 1 atom stereocenters. The Balaban J connectivity index is 2.71. The van der Waals surface area contributed by atoms with Gasteiger partial charge in [-0.2, -0.15) is 0 Å². The summed E-state index contributed by atoms with van der Waals surface area (Å²) in [4.78, 5) is 4.16. The highest BCUT2D eigenvalue weighted by molar-refractivity contribution is 7.89. The second-order valence-electron chi connectivity index (χ2n) is 2.99. The van der Waals surface area contributed by atoms with Crippen molar-refractivity contribution in [3.63, 3.8) is 0 Å². The van der Waals surface area contributed by atoms with E-state index in [1.165, 1.54) is 11.3 Å². The Morgan fingerprint density at radius 1 is 1.69 bits per heavy atom. The molecule has 0 aromatic carbocycles. The van der Waals surface area contributed by atoms with Crippen molar-refractivity contribution in [1.82, 2.24) is 4.98 Å². The van der Waals surface area contributed by atoms with Crippen molar-refractivity contribution < 1.29 is 8.42 Å². The molecule has 1 unspecified atom stereocenters. The quantitative estimate of drug-likeness (QED) is 0.813. The Bertz CT molecular complexity index is 383. The lowest BCUT2D eigenvalue weighted by atomic mass is 10.3. The molecule has 0 amide bonds. The van der Waals surface area contributed by atoms with Gasteiger partial charge in [0.15, 0.2) is 0 Å². The maximum Gasteiger partial charge on any atom is 0.212 e. The van der Waals surface area contributed by atoms with Crippen molar-refractivity contribution in [1.29, 1.82) is 0 Å². The molecular formula is C7H12N2O2S2. The fourth-order valence-electron chi connectivity index (χ4n) is 0.859. The lowest BCUT2D eigenvalue weighted by Crippen LogP contribution is -2.27. The van der Waals surface area contributed by atoms with Crippen LogP contribution in [0.4, 0.5) is 0 Å². The zero-order valence-electron chi connectivity index (χ0n) is 7.52. The molecule has 13 heavy (non-hydrogen) atoms. The molecule has 0 fully saturated rings. The average Bonchev–Trinajstić information content (AvgIpc) is 2.33. The summed E-state index contributed by atoms with van der Waals surface area (Å²) in [5.41, 5.74) is 0.918. The Labute approximate surface area is 81.9 Å². The van der Waals surface area contributed by atoms with Gasteiger partial charge in [0.1, 0.15) is 0 Å². The van der Waals surface area contributed by atoms with Gasteiger partial charge in [0.25, 0.3) is 0 Å². The molecule has 1 aromatic rings. The summed E-state index contributed by atoms with van der Waals surface area (Å²) in [6.45, 7) is 3.47. The number of sulfonamides is 1. The summed E-state index contributed by atoms with van der Waals surface area (Å²) in [7, 11) is -3.43. The van der Waals surface area contributed by atoms with E-state index in [0.717, 1.165) is 10.7 Å². The fraction of sp³-hybridized carbons (Fsp3) is 0.571. The van der Waals surface area contributed by atoms with Gasteiger partial charge in [-0.25, -0.2) is 18.5 Å². The number of nitrogens with zero attached hydrogens (tertiary/aromatic N) is 1. The van der Waals surface area contributed by atoms with E-state index >= 15 is 0 Å². The molecule has 0 saturated heterocycles. The molecule has 0 radical (unpaired) electrons. The first kappa shape index (κ1) is 10.6. The van der Waals surface area contributed by atoms with Crippen molar-refractivity contribution in [2.45, 2.75) is 25.5 Å². The fourth-order valence-corrected chi connectivity index (χ4v) is 2.26. The molecule has 0 aliphatic rings. The molecule has 74 valence electrons. The summed E-state index contributed by atoms with van der Waals surface area (Å²) in [5.74, 6) is 0. The lowest BCUT2D eigenvalue weighted by molar-refractivity contribution is 0.584. The Kier molecular flexibility index (Phi) is 3.05. The number of hydrogen-bond acceptors (Lipinski definition) is 4. The zero-order valence-corrected chi connectivity index (χ0v) is 9.15. The van der Waals surface area contributed by atoms with E-state index in [2.05, 4.69) is 4.98 Å². The third kappa shape index (κ3) is 3.06. The van der Waals surface area contributed by atoms with Gasteiger partial charge in [0.05, 0.1) is 10.3 Å². The van der Waals surface area contributed by atoms with Crippen LogP contribution in [-0.2, 0) is 16.4 Å². The highest BCUT2D eigenvalue weighted by atomic mass is 32.2. The second kappa shape index (κ2) is 3.73. The number of aryl methyl sites for hydroxylation is 1. The molecule has 0 saturated carbocycles. The van der Waals surface area contributed by atoms with E-state index in [0.29, 0.717) is 6.42 Å². The van der Waals surface area contributed by atoms with Crippen molar-refractivity contribution in [3.8, 4) is 0 Å². The molecule has 1 heterocycles. The summed E-state index contributed by atoms with van der Waals surface area (Å²) in [6, 6.07) is 0. The maximum absolute atomic E-state index is 10.9. The van der Waals surface area contributed by atoms with Crippen molar-refractivity contribution >= 4 is 21.4 Å². The lowest BCUT2D eigenvalue weighted by Gasteiger charge is -2.05. The van der Waals surface area contributed by atoms with E-state index in [1.54, 1.807) is 6.92 Å². The van der Waals surface area contributed by atoms with Crippen molar-refractivity contribution in [2.75, 3.05) is 0 Å². The van der Waals surface area contributed by atoms with E-state index in [9.17, 15) is 8.42 Å². The van der Waals surface area contributed by atoms with Crippen molar-refractivity contribution in [3.05, 3.63) is 16.1 Å². The van der Waals surface area contributed by atoms with E-state index in [1.807, 2.05) is 12.3 Å². The number of aromatic nitrogens is 1. The summed E-state index contributed by atoms with van der Waals surface area (Å²) in [6.07, 6.45) is 0.400. The topological polar surface area (TPSA) is 73.1 Å². The highest BCUT2D eigenvalue weighted by Gasteiger charge is 2.17. The van der Waals surface area contributed by atoms with Crippen LogP contribution in [0.1, 0.15) is 17.6 Å². The predicted molar refractivity (Wildman–Crippen MR) is 53.1 cm³/mol. The monoisotopic (exact) mass is 220 g/mol. The summed E-state index contributed by atoms with van der Waals surface area (Å²) < 4.78 is 21.8. The first-order valence-electron chi connectivity index (χ1n) is 3.82. The number of thiazole rings is 1. The van der Waals surface area contributed by atoms with Gasteiger partial charge in [-0.3, -0.25) is 0 Å². The first-order chi connectivity index (χ1) is 5.89. The molecule has 6 heteroatoms. The SMILES string of the molecule is Cc1csc(CC(C)S(N)(=O)=O)n1. The zero-order chi connectivity index (χ0) is 10.1. The van der Waals surface area contributed by atoms with Crippen LogP contribution in [0, 0.1) is 6.92 Å². The van der Waals surface area contributed by atoms with Crippen LogP contribution in [0.25, 0.3) is 0 Å². The van der Waals surface area contributed by atoms with Gasteiger partial charge in [-0.1, -0.05) is 0 Å². The minimum absolute atomic E-state index is 0.400. The van der Waals surface area contributed by atoms with Crippen LogP contribution in [-0.4, -0.2) is 18.7 Å². The first-order valence-corrected chi connectivity index (χ1v) is 6.31. The number of hydrogen-bond donors (Lipinski definition) is 1. The van der Waals surface area contributed by atoms with Gasteiger partial charge in [0, 0.05) is 17.5 Å². The Morgan fingerprint density at radius 2 is 2.31 bits per heavy atom. The molecule has 0 bridgehead atoms. The van der Waals surface area contributed by atoms with Crippen molar-refractivity contribution in [2.24, 2.45) is 5.14 Å². The molecule has 1 aromatic heterocycles. The average molecular weight is 220 g/mol. The van der Waals surface area contributed by atoms with E-state index in [-0.39, 0.29) is 0 Å².